The molecule has 0 aliphatic carbocycles. The Morgan fingerprint density at radius 1 is 1.14 bits per heavy atom. The molecule has 0 atom stereocenters. The lowest BCUT2D eigenvalue weighted by molar-refractivity contribution is 0.0655. The number of thiophene rings is 1. The van der Waals surface area contributed by atoms with Gasteiger partial charge in [-0.1, -0.05) is 22.0 Å². The highest BCUT2D eigenvalue weighted by Crippen LogP contribution is 2.25. The van der Waals surface area contributed by atoms with E-state index in [9.17, 15) is 9.59 Å². The fourth-order valence-corrected chi connectivity index (χ4v) is 3.32. The van der Waals surface area contributed by atoms with Crippen LogP contribution in [0.2, 0.25) is 0 Å². The van der Waals surface area contributed by atoms with Crippen molar-refractivity contribution in [2.45, 2.75) is 6.54 Å². The maximum Gasteiger partial charge on any atom is 0.261 e. The second-order valence-electron chi connectivity index (χ2n) is 4.71. The van der Waals surface area contributed by atoms with Crippen LogP contribution in [0, 0.1) is 0 Å². The molecule has 0 radical (unpaired) electrons. The van der Waals surface area contributed by atoms with Crippen LogP contribution in [0.4, 0.5) is 0 Å². The fourth-order valence-electron chi connectivity index (χ4n) is 2.28. The number of carbonyl (C=O) groups excluding carboxylic acids is 2. The Kier molecular flexibility index (Phi) is 4.19. The van der Waals surface area contributed by atoms with Gasteiger partial charge in [0.15, 0.2) is 0 Å². The lowest BCUT2D eigenvalue weighted by Crippen LogP contribution is -2.36. The number of amides is 2. The fraction of sp³-hybridized carbons (Fsp3) is 0.200. The minimum absolute atomic E-state index is 0.208. The highest BCUT2D eigenvalue weighted by molar-refractivity contribution is 9.10. The number of hydrogen-bond acceptors (Lipinski definition) is 4. The summed E-state index contributed by atoms with van der Waals surface area (Å²) in [6.07, 6.45) is 0. The maximum absolute atomic E-state index is 12.2. The number of hydrogen-bond donors (Lipinski definition) is 1. The Bertz CT molecular complexity index is 685. The molecular weight excluding hydrogens is 352 g/mol. The summed E-state index contributed by atoms with van der Waals surface area (Å²) in [7, 11) is 0. The van der Waals surface area contributed by atoms with E-state index in [4.69, 9.17) is 0 Å². The molecule has 0 bridgehead atoms. The first-order valence-electron chi connectivity index (χ1n) is 6.55. The monoisotopic (exact) mass is 364 g/mol. The third-order valence-electron chi connectivity index (χ3n) is 3.32. The third kappa shape index (κ3) is 2.92. The molecule has 1 aliphatic heterocycles. The van der Waals surface area contributed by atoms with Gasteiger partial charge in [0, 0.05) is 29.0 Å². The zero-order valence-electron chi connectivity index (χ0n) is 11.1. The first-order valence-corrected chi connectivity index (χ1v) is 8.23. The smallest absolute Gasteiger partial charge is 0.261 e. The van der Waals surface area contributed by atoms with Crippen LogP contribution in [0.1, 0.15) is 25.6 Å². The average molecular weight is 365 g/mol. The molecule has 0 saturated heterocycles. The molecule has 1 N–H and O–H groups in total. The van der Waals surface area contributed by atoms with Crippen molar-refractivity contribution in [3.05, 3.63) is 56.2 Å². The second-order valence-corrected chi connectivity index (χ2v) is 6.66. The molecule has 1 aliphatic rings. The average Bonchev–Trinajstić information content (AvgIpc) is 3.06. The molecule has 0 saturated carbocycles. The number of benzene rings is 1. The van der Waals surface area contributed by atoms with Gasteiger partial charge in [0.1, 0.15) is 0 Å². The van der Waals surface area contributed by atoms with E-state index in [2.05, 4.69) is 27.3 Å². The number of halogens is 1. The summed E-state index contributed by atoms with van der Waals surface area (Å²) >= 11 is 5.01. The van der Waals surface area contributed by atoms with E-state index < -0.39 is 0 Å². The molecule has 2 heterocycles. The predicted octanol–water partition coefficient (Wildman–Crippen LogP) is 2.90. The Morgan fingerprint density at radius 3 is 2.71 bits per heavy atom. The van der Waals surface area contributed by atoms with E-state index in [1.54, 1.807) is 29.5 Å². The lowest BCUT2D eigenvalue weighted by Gasteiger charge is -2.13. The summed E-state index contributed by atoms with van der Waals surface area (Å²) in [5.74, 6) is -0.422. The summed E-state index contributed by atoms with van der Waals surface area (Å²) in [6, 6.07) is 9.23. The SMILES string of the molecule is O=C1c2ccc(Br)cc2C(=O)N1CCNCc1cccs1. The highest BCUT2D eigenvalue weighted by Gasteiger charge is 2.34. The molecule has 108 valence electrons. The van der Waals surface area contributed by atoms with Crippen molar-refractivity contribution in [1.82, 2.24) is 10.2 Å². The van der Waals surface area contributed by atoms with E-state index in [1.165, 1.54) is 9.78 Å². The van der Waals surface area contributed by atoms with E-state index in [0.29, 0.717) is 24.2 Å². The van der Waals surface area contributed by atoms with E-state index in [0.717, 1.165) is 11.0 Å². The molecule has 1 aromatic heterocycles. The van der Waals surface area contributed by atoms with Crippen molar-refractivity contribution in [2.75, 3.05) is 13.1 Å². The van der Waals surface area contributed by atoms with Gasteiger partial charge in [-0.15, -0.1) is 11.3 Å². The maximum atomic E-state index is 12.2. The number of imide groups is 1. The molecule has 2 aromatic rings. The van der Waals surface area contributed by atoms with Crippen molar-refractivity contribution < 1.29 is 9.59 Å². The molecule has 4 nitrogen and oxygen atoms in total. The number of carbonyl (C=O) groups is 2. The Hall–Kier alpha value is -1.50. The Morgan fingerprint density at radius 2 is 1.95 bits per heavy atom. The van der Waals surface area contributed by atoms with Crippen molar-refractivity contribution in [3.63, 3.8) is 0 Å². The molecular formula is C15H13BrN2O2S. The van der Waals surface area contributed by atoms with Gasteiger partial charge >= 0.3 is 0 Å². The molecule has 2 amide bonds. The first-order chi connectivity index (χ1) is 10.2. The van der Waals surface area contributed by atoms with Crippen LogP contribution < -0.4 is 5.32 Å². The van der Waals surface area contributed by atoms with Crippen molar-refractivity contribution in [3.8, 4) is 0 Å². The molecule has 3 rings (SSSR count). The molecule has 21 heavy (non-hydrogen) atoms. The molecule has 0 fully saturated rings. The van der Waals surface area contributed by atoms with Crippen LogP contribution in [0.15, 0.2) is 40.2 Å². The summed E-state index contributed by atoms with van der Waals surface area (Å²) in [5, 5.41) is 5.28. The predicted molar refractivity (Wildman–Crippen MR) is 85.5 cm³/mol. The van der Waals surface area contributed by atoms with E-state index in [1.807, 2.05) is 11.4 Å². The van der Waals surface area contributed by atoms with Gasteiger partial charge in [-0.2, -0.15) is 0 Å². The lowest BCUT2D eigenvalue weighted by atomic mass is 10.1. The number of fused-ring (bicyclic) bond motifs is 1. The van der Waals surface area contributed by atoms with Crippen molar-refractivity contribution >= 4 is 39.1 Å². The van der Waals surface area contributed by atoms with Crippen LogP contribution >= 0.6 is 27.3 Å². The number of nitrogens with one attached hydrogen (secondary N) is 1. The number of nitrogens with zero attached hydrogens (tertiary/aromatic N) is 1. The summed E-state index contributed by atoms with van der Waals surface area (Å²) < 4.78 is 0.806. The zero-order valence-corrected chi connectivity index (χ0v) is 13.5. The minimum atomic E-state index is -0.214. The Labute approximate surface area is 134 Å². The summed E-state index contributed by atoms with van der Waals surface area (Å²) in [5.41, 5.74) is 0.967. The highest BCUT2D eigenvalue weighted by atomic mass is 79.9. The van der Waals surface area contributed by atoms with E-state index >= 15 is 0 Å². The van der Waals surface area contributed by atoms with Gasteiger partial charge in [-0.25, -0.2) is 0 Å². The van der Waals surface area contributed by atoms with Gasteiger partial charge in [-0.3, -0.25) is 14.5 Å². The summed E-state index contributed by atoms with van der Waals surface area (Å²) in [4.78, 5) is 27.0. The quantitative estimate of drug-likeness (QED) is 0.655. The Balaban J connectivity index is 1.60. The van der Waals surface area contributed by atoms with Crippen molar-refractivity contribution in [1.29, 1.82) is 0 Å². The molecule has 6 heteroatoms. The zero-order chi connectivity index (χ0) is 14.8. The van der Waals surface area contributed by atoms with Crippen LogP contribution in [-0.2, 0) is 6.54 Å². The van der Waals surface area contributed by atoms with Gasteiger partial charge < -0.3 is 5.32 Å². The van der Waals surface area contributed by atoms with Crippen LogP contribution in [0.3, 0.4) is 0 Å². The standard InChI is InChI=1S/C15H13BrN2O2S/c16-10-3-4-12-13(8-10)15(20)18(14(12)19)6-5-17-9-11-2-1-7-21-11/h1-4,7-8,17H,5-6,9H2. The van der Waals surface area contributed by atoms with Gasteiger partial charge in [-0.05, 0) is 29.6 Å². The van der Waals surface area contributed by atoms with Gasteiger partial charge in [0.05, 0.1) is 11.1 Å². The van der Waals surface area contributed by atoms with Crippen LogP contribution in [0.25, 0.3) is 0 Å². The van der Waals surface area contributed by atoms with Gasteiger partial charge in [0.25, 0.3) is 11.8 Å². The van der Waals surface area contributed by atoms with E-state index in [-0.39, 0.29) is 11.8 Å². The largest absolute Gasteiger partial charge is 0.310 e. The molecule has 0 spiro atoms. The van der Waals surface area contributed by atoms with Gasteiger partial charge in [0.2, 0.25) is 0 Å². The first kappa shape index (κ1) is 14.4. The van der Waals surface area contributed by atoms with Crippen LogP contribution in [-0.4, -0.2) is 29.8 Å². The number of rotatable bonds is 5. The normalized spacial score (nSPS) is 13.9. The molecule has 1 aromatic carbocycles. The van der Waals surface area contributed by atoms with Crippen molar-refractivity contribution in [2.24, 2.45) is 0 Å². The minimum Gasteiger partial charge on any atom is -0.310 e. The summed E-state index contributed by atoms with van der Waals surface area (Å²) in [6.45, 7) is 1.73. The van der Waals surface area contributed by atoms with Crippen LogP contribution in [0.5, 0.6) is 0 Å². The topological polar surface area (TPSA) is 49.4 Å². The third-order valence-corrected chi connectivity index (χ3v) is 4.69. The second kappa shape index (κ2) is 6.09. The molecule has 0 unspecified atom stereocenters.